The second-order valence-electron chi connectivity index (χ2n) is 4.94. The third-order valence-corrected chi connectivity index (χ3v) is 3.26. The van der Waals surface area contributed by atoms with Crippen LogP contribution in [0, 0.1) is 12.8 Å². The smallest absolute Gasteiger partial charge is 0.308 e. The molecule has 1 aromatic carbocycles. The van der Waals surface area contributed by atoms with Gasteiger partial charge < -0.3 is 10.0 Å². The summed E-state index contributed by atoms with van der Waals surface area (Å²) in [6.45, 7) is 3.88. The Labute approximate surface area is 114 Å². The van der Waals surface area contributed by atoms with Crippen LogP contribution in [0.4, 0.5) is 0 Å². The summed E-state index contributed by atoms with van der Waals surface area (Å²) in [5.74, 6) is -1.43. The molecule has 0 fully saturated rings. The van der Waals surface area contributed by atoms with Gasteiger partial charge in [-0.2, -0.15) is 0 Å². The highest BCUT2D eigenvalue weighted by Crippen LogP contribution is 2.10. The van der Waals surface area contributed by atoms with Crippen molar-refractivity contribution in [2.24, 2.45) is 5.92 Å². The van der Waals surface area contributed by atoms with E-state index in [0.29, 0.717) is 12.8 Å². The minimum absolute atomic E-state index is 0.0173. The highest BCUT2D eigenvalue weighted by Gasteiger charge is 2.17. The molecule has 1 unspecified atom stereocenters. The summed E-state index contributed by atoms with van der Waals surface area (Å²) in [7, 11) is 1.65. The zero-order valence-electron chi connectivity index (χ0n) is 11.7. The first-order chi connectivity index (χ1) is 8.91. The number of carboxylic acid groups (broad SMARTS) is 1. The normalized spacial score (nSPS) is 11.9. The van der Waals surface area contributed by atoms with E-state index >= 15 is 0 Å². The SMILES string of the molecule is Cc1ccccc1CCC(=O)N(C)CC(C)C(=O)O. The van der Waals surface area contributed by atoms with E-state index in [4.69, 9.17) is 5.11 Å². The van der Waals surface area contributed by atoms with Crippen molar-refractivity contribution in [1.82, 2.24) is 4.90 Å². The van der Waals surface area contributed by atoms with Crippen molar-refractivity contribution in [2.75, 3.05) is 13.6 Å². The molecule has 0 aromatic heterocycles. The molecule has 1 N–H and O–H groups in total. The van der Waals surface area contributed by atoms with E-state index in [1.807, 2.05) is 31.2 Å². The van der Waals surface area contributed by atoms with Crippen molar-refractivity contribution < 1.29 is 14.7 Å². The molecule has 0 saturated heterocycles. The molecule has 4 heteroatoms. The topological polar surface area (TPSA) is 57.6 Å². The molecule has 0 radical (unpaired) electrons. The van der Waals surface area contributed by atoms with E-state index in [9.17, 15) is 9.59 Å². The summed E-state index contributed by atoms with van der Waals surface area (Å²) < 4.78 is 0. The molecule has 0 aliphatic heterocycles. The molecule has 4 nitrogen and oxygen atoms in total. The summed E-state index contributed by atoms with van der Waals surface area (Å²) in [5, 5.41) is 8.82. The van der Waals surface area contributed by atoms with Crippen molar-refractivity contribution in [2.45, 2.75) is 26.7 Å². The lowest BCUT2D eigenvalue weighted by atomic mass is 10.0. The fourth-order valence-electron chi connectivity index (χ4n) is 1.91. The Balaban J connectivity index is 2.47. The summed E-state index contributed by atoms with van der Waals surface area (Å²) in [6.07, 6.45) is 1.10. The molecule has 1 rings (SSSR count). The van der Waals surface area contributed by atoms with Gasteiger partial charge in [-0.3, -0.25) is 9.59 Å². The molecule has 1 aromatic rings. The van der Waals surface area contributed by atoms with Gasteiger partial charge in [-0.1, -0.05) is 31.2 Å². The number of carbonyl (C=O) groups is 2. The largest absolute Gasteiger partial charge is 0.481 e. The third kappa shape index (κ3) is 4.73. The number of hydrogen-bond acceptors (Lipinski definition) is 2. The number of aliphatic carboxylic acids is 1. The summed E-state index contributed by atoms with van der Waals surface area (Å²) in [4.78, 5) is 24.2. The lowest BCUT2D eigenvalue weighted by Crippen LogP contribution is -2.33. The number of rotatable bonds is 6. The highest BCUT2D eigenvalue weighted by atomic mass is 16.4. The van der Waals surface area contributed by atoms with Crippen molar-refractivity contribution in [3.8, 4) is 0 Å². The van der Waals surface area contributed by atoms with Crippen LogP contribution < -0.4 is 0 Å². The van der Waals surface area contributed by atoms with E-state index in [1.165, 1.54) is 10.5 Å². The Morgan fingerprint density at radius 1 is 1.32 bits per heavy atom. The van der Waals surface area contributed by atoms with E-state index in [-0.39, 0.29) is 12.5 Å². The maximum Gasteiger partial charge on any atom is 0.308 e. The van der Waals surface area contributed by atoms with E-state index < -0.39 is 11.9 Å². The van der Waals surface area contributed by atoms with Crippen LogP contribution in [0.15, 0.2) is 24.3 Å². The highest BCUT2D eigenvalue weighted by molar-refractivity contribution is 5.77. The Kier molecular flexibility index (Phi) is 5.55. The molecule has 0 aliphatic rings. The van der Waals surface area contributed by atoms with Gasteiger partial charge in [0.15, 0.2) is 0 Å². The predicted octanol–water partition coefficient (Wildman–Crippen LogP) is 2.11. The van der Waals surface area contributed by atoms with Gasteiger partial charge in [0, 0.05) is 20.0 Å². The number of carboxylic acids is 1. The molecular formula is C15H21NO3. The van der Waals surface area contributed by atoms with Gasteiger partial charge in [-0.25, -0.2) is 0 Å². The quantitative estimate of drug-likeness (QED) is 0.855. The first kappa shape index (κ1) is 15.2. The Morgan fingerprint density at radius 3 is 2.53 bits per heavy atom. The second kappa shape index (κ2) is 6.92. The fraction of sp³-hybridized carbons (Fsp3) is 0.467. The van der Waals surface area contributed by atoms with Crippen LogP contribution in [0.5, 0.6) is 0 Å². The van der Waals surface area contributed by atoms with Crippen molar-refractivity contribution in [3.63, 3.8) is 0 Å². The van der Waals surface area contributed by atoms with Crippen LogP contribution >= 0.6 is 0 Å². The Bertz CT molecular complexity index is 456. The monoisotopic (exact) mass is 263 g/mol. The van der Waals surface area contributed by atoms with Crippen LogP contribution in [0.2, 0.25) is 0 Å². The van der Waals surface area contributed by atoms with Gasteiger partial charge in [-0.05, 0) is 24.5 Å². The number of carbonyl (C=O) groups excluding carboxylic acids is 1. The fourth-order valence-corrected chi connectivity index (χ4v) is 1.91. The lowest BCUT2D eigenvalue weighted by molar-refractivity contribution is -0.142. The zero-order chi connectivity index (χ0) is 14.4. The van der Waals surface area contributed by atoms with E-state index in [0.717, 1.165) is 5.56 Å². The van der Waals surface area contributed by atoms with Gasteiger partial charge in [0.2, 0.25) is 5.91 Å². The summed E-state index contributed by atoms with van der Waals surface area (Å²) >= 11 is 0. The van der Waals surface area contributed by atoms with E-state index in [1.54, 1.807) is 14.0 Å². The third-order valence-electron chi connectivity index (χ3n) is 3.26. The maximum atomic E-state index is 11.9. The van der Waals surface area contributed by atoms with Gasteiger partial charge in [0.05, 0.1) is 5.92 Å². The Hall–Kier alpha value is -1.84. The minimum atomic E-state index is -0.876. The molecular weight excluding hydrogens is 242 g/mol. The Morgan fingerprint density at radius 2 is 1.95 bits per heavy atom. The van der Waals surface area contributed by atoms with Crippen LogP contribution in [0.1, 0.15) is 24.5 Å². The number of benzene rings is 1. The van der Waals surface area contributed by atoms with E-state index in [2.05, 4.69) is 0 Å². The van der Waals surface area contributed by atoms with Crippen LogP contribution in [0.3, 0.4) is 0 Å². The minimum Gasteiger partial charge on any atom is -0.481 e. The van der Waals surface area contributed by atoms with Crippen molar-refractivity contribution >= 4 is 11.9 Å². The lowest BCUT2D eigenvalue weighted by Gasteiger charge is -2.19. The van der Waals surface area contributed by atoms with Crippen LogP contribution in [-0.4, -0.2) is 35.5 Å². The molecule has 0 bridgehead atoms. The van der Waals surface area contributed by atoms with Crippen LogP contribution in [-0.2, 0) is 16.0 Å². The van der Waals surface area contributed by atoms with Crippen LogP contribution in [0.25, 0.3) is 0 Å². The zero-order valence-corrected chi connectivity index (χ0v) is 11.7. The van der Waals surface area contributed by atoms with Crippen molar-refractivity contribution in [1.29, 1.82) is 0 Å². The second-order valence-corrected chi connectivity index (χ2v) is 4.94. The maximum absolute atomic E-state index is 11.9. The van der Waals surface area contributed by atoms with Gasteiger partial charge in [0.1, 0.15) is 0 Å². The standard InChI is InChI=1S/C15H21NO3/c1-11-6-4-5-7-13(11)8-9-14(17)16(3)10-12(2)15(18)19/h4-7,12H,8-10H2,1-3H3,(H,18,19). The molecule has 0 aliphatic carbocycles. The number of aryl methyl sites for hydroxylation is 2. The van der Waals surface area contributed by atoms with Gasteiger partial charge in [0.25, 0.3) is 0 Å². The first-order valence-corrected chi connectivity index (χ1v) is 6.43. The summed E-state index contributed by atoms with van der Waals surface area (Å²) in [6, 6.07) is 7.98. The molecule has 0 spiro atoms. The van der Waals surface area contributed by atoms with Crippen molar-refractivity contribution in [3.05, 3.63) is 35.4 Å². The molecule has 19 heavy (non-hydrogen) atoms. The number of hydrogen-bond donors (Lipinski definition) is 1. The molecule has 0 heterocycles. The molecule has 104 valence electrons. The van der Waals surface area contributed by atoms with Gasteiger partial charge in [-0.15, -0.1) is 0 Å². The molecule has 1 amide bonds. The number of amides is 1. The molecule has 1 atom stereocenters. The predicted molar refractivity (Wildman–Crippen MR) is 73.9 cm³/mol. The average Bonchev–Trinajstić information content (AvgIpc) is 2.37. The summed E-state index contributed by atoms with van der Waals surface area (Å²) in [5.41, 5.74) is 2.34. The first-order valence-electron chi connectivity index (χ1n) is 6.43. The average molecular weight is 263 g/mol. The van der Waals surface area contributed by atoms with Gasteiger partial charge >= 0.3 is 5.97 Å². The molecule has 0 saturated carbocycles. The number of nitrogens with zero attached hydrogens (tertiary/aromatic N) is 1.